The smallest absolute Gasteiger partial charge is 0.463 e. The number of ether oxygens (including phenoxy) is 3. The van der Waals surface area contributed by atoms with Crippen molar-refractivity contribution in [3.05, 3.63) is 122 Å². The average molecular weight is 1400 g/mol. The van der Waals surface area contributed by atoms with E-state index in [1.165, 1.54) is 77.0 Å². The van der Waals surface area contributed by atoms with Crippen LogP contribution in [-0.4, -0.2) is 95.9 Å². The Labute approximate surface area is 589 Å². The van der Waals surface area contributed by atoms with E-state index in [2.05, 4.69) is 142 Å². The first kappa shape index (κ1) is 93.0. The Morgan fingerprint density at radius 3 is 0.887 bits per heavy atom. The third kappa shape index (κ3) is 73.0. The number of carbonyl (C=O) groups excluding carboxylic acids is 3. The van der Waals surface area contributed by atoms with Gasteiger partial charge in [-0.25, -0.2) is 9.13 Å². The number of allylic oxidation sites excluding steroid dienone is 20. The topological polar surface area (TPSA) is 231 Å². The molecule has 0 amide bonds. The second-order valence-electron chi connectivity index (χ2n) is 25.1. The molecule has 4 N–H and O–H groups in total. The monoisotopic (exact) mass is 1400 g/mol. The summed E-state index contributed by atoms with van der Waals surface area (Å²) in [5.74, 6) is -1.59. The molecule has 0 saturated heterocycles. The van der Waals surface area contributed by atoms with Gasteiger partial charge in [0.25, 0.3) is 0 Å². The van der Waals surface area contributed by atoms with E-state index in [9.17, 15) is 43.5 Å². The molecule has 97 heavy (non-hydrogen) atoms. The lowest BCUT2D eigenvalue weighted by molar-refractivity contribution is -0.161. The highest BCUT2D eigenvalue weighted by Gasteiger charge is 2.29. The van der Waals surface area contributed by atoms with Crippen LogP contribution in [0.5, 0.6) is 0 Å². The summed E-state index contributed by atoms with van der Waals surface area (Å²) in [5.41, 5.74) is 0. The zero-order chi connectivity index (χ0) is 70.9. The highest BCUT2D eigenvalue weighted by atomic mass is 31.2. The van der Waals surface area contributed by atoms with E-state index in [1.807, 2.05) is 0 Å². The molecule has 0 heterocycles. The summed E-state index contributed by atoms with van der Waals surface area (Å²) in [6, 6.07) is 0. The predicted molar refractivity (Wildman–Crippen MR) is 399 cm³/mol. The van der Waals surface area contributed by atoms with Crippen molar-refractivity contribution in [2.45, 2.75) is 322 Å². The van der Waals surface area contributed by atoms with Gasteiger partial charge in [0.05, 0.1) is 26.4 Å². The van der Waals surface area contributed by atoms with Gasteiger partial charge < -0.3 is 34.2 Å². The van der Waals surface area contributed by atoms with Gasteiger partial charge in [0, 0.05) is 19.3 Å². The Hall–Kier alpha value is -4.05. The fourth-order valence-electron chi connectivity index (χ4n) is 9.91. The number of aliphatic hydroxyl groups excluding tert-OH is 2. The second-order valence-corrected chi connectivity index (χ2v) is 28.0. The fourth-order valence-corrected chi connectivity index (χ4v) is 11.5. The highest BCUT2D eigenvalue weighted by molar-refractivity contribution is 7.47. The van der Waals surface area contributed by atoms with Gasteiger partial charge in [0.15, 0.2) is 6.10 Å². The van der Waals surface area contributed by atoms with E-state index in [0.717, 1.165) is 167 Å². The number of phosphoric acid groups is 2. The van der Waals surface area contributed by atoms with Crippen LogP contribution in [0.4, 0.5) is 0 Å². The molecule has 0 spiro atoms. The molecule has 0 aliphatic carbocycles. The van der Waals surface area contributed by atoms with Crippen LogP contribution in [0.1, 0.15) is 303 Å². The number of aliphatic hydroxyl groups is 2. The maximum Gasteiger partial charge on any atom is 0.472 e. The zero-order valence-corrected chi connectivity index (χ0v) is 62.5. The molecular formula is C79H136O16P2. The van der Waals surface area contributed by atoms with Gasteiger partial charge in [-0.3, -0.25) is 32.5 Å². The van der Waals surface area contributed by atoms with Gasteiger partial charge >= 0.3 is 33.6 Å². The third-order valence-corrected chi connectivity index (χ3v) is 17.6. The van der Waals surface area contributed by atoms with Crippen LogP contribution in [0, 0.1) is 0 Å². The average Bonchev–Trinajstić information content (AvgIpc) is 1.58. The van der Waals surface area contributed by atoms with Crippen molar-refractivity contribution in [3.8, 4) is 0 Å². The number of unbranched alkanes of at least 4 members (excludes halogenated alkanes) is 28. The summed E-state index contributed by atoms with van der Waals surface area (Å²) < 4.78 is 61.0. The molecule has 5 atom stereocenters. The minimum atomic E-state index is -4.93. The van der Waals surface area contributed by atoms with E-state index < -0.39 is 91.5 Å². The SMILES string of the molecule is CC/C=C\C/C=C\C/C=C\C/C=C\C/C=C\C/C=C\CCCCCCCCC(=O)OCC(O)COP(=O)(O)OCC(O)COP(=O)(O)OCC(COC(=O)CCCCCCCCC/C=C\C/C=C\C/C=C\C/C=C\CCCCC)OC(=O)CCCCCCCCCCCCCCC. The molecule has 5 unspecified atom stereocenters. The Morgan fingerprint density at radius 1 is 0.299 bits per heavy atom. The molecule has 0 rings (SSSR count). The fraction of sp³-hybridized carbons (Fsp3) is 0.709. The molecule has 0 aliphatic rings. The predicted octanol–water partition coefficient (Wildman–Crippen LogP) is 21.8. The van der Waals surface area contributed by atoms with Gasteiger partial charge in [-0.1, -0.05) is 290 Å². The van der Waals surface area contributed by atoms with Crippen molar-refractivity contribution in [1.82, 2.24) is 0 Å². The lowest BCUT2D eigenvalue weighted by Gasteiger charge is -2.21. The molecule has 0 radical (unpaired) electrons. The third-order valence-electron chi connectivity index (χ3n) is 15.7. The lowest BCUT2D eigenvalue weighted by atomic mass is 10.0. The molecule has 0 aromatic heterocycles. The van der Waals surface area contributed by atoms with E-state index >= 15 is 0 Å². The molecule has 16 nitrogen and oxygen atoms in total. The van der Waals surface area contributed by atoms with Crippen molar-refractivity contribution < 1.29 is 75.8 Å². The van der Waals surface area contributed by atoms with Crippen molar-refractivity contribution in [1.29, 1.82) is 0 Å². The van der Waals surface area contributed by atoms with Gasteiger partial charge in [-0.2, -0.15) is 0 Å². The number of hydrogen-bond donors (Lipinski definition) is 4. The Kier molecular flexibility index (Phi) is 68.8. The molecule has 558 valence electrons. The normalized spacial score (nSPS) is 14.8. The highest BCUT2D eigenvalue weighted by Crippen LogP contribution is 2.45. The van der Waals surface area contributed by atoms with Crippen LogP contribution in [0.2, 0.25) is 0 Å². The van der Waals surface area contributed by atoms with Crippen LogP contribution >= 0.6 is 15.6 Å². The maximum atomic E-state index is 12.9. The molecule has 0 aromatic carbocycles. The van der Waals surface area contributed by atoms with Crippen LogP contribution in [-0.2, 0) is 55.8 Å². The molecular weight excluding hydrogens is 1270 g/mol. The number of hydrogen-bond acceptors (Lipinski definition) is 14. The molecule has 0 saturated carbocycles. The van der Waals surface area contributed by atoms with Gasteiger partial charge in [-0.05, 0) is 116 Å². The first-order chi connectivity index (χ1) is 47.2. The molecule has 0 aliphatic heterocycles. The van der Waals surface area contributed by atoms with Gasteiger partial charge in [-0.15, -0.1) is 0 Å². The number of carbonyl (C=O) groups is 3. The van der Waals surface area contributed by atoms with E-state index in [1.54, 1.807) is 0 Å². The van der Waals surface area contributed by atoms with E-state index in [4.69, 9.17) is 32.3 Å². The van der Waals surface area contributed by atoms with E-state index in [0.29, 0.717) is 19.3 Å². The number of rotatable bonds is 71. The van der Waals surface area contributed by atoms with Gasteiger partial charge in [0.1, 0.15) is 25.4 Å². The molecule has 0 fully saturated rings. The standard InChI is InChI=1S/C79H136O16P2/c1-4-7-10-13-16-19-22-25-27-29-31-33-35-36-38-40-41-43-45-48-50-53-56-59-62-65-77(82)89-68-74(80)69-91-96(85,86)92-70-75(81)71-93-97(87,88)94-73-76(95-79(84)67-64-61-58-55-52-47-24-21-18-15-12-9-6-3)72-90-78(83)66-63-60-57-54-51-49-46-44-42-39-37-34-32-30-28-26-23-20-17-14-11-8-5-2/h7,10,16-17,19-20,25-28,31-34,36,38-39,41-43,74-76,80-81H,4-6,8-9,11-15,18,21-24,29-30,35,37,40,44-73H2,1-3H3,(H,85,86)(H,87,88)/b10-7-,19-16-,20-17-,27-25-,28-26-,33-31-,34-32-,38-36-,42-39-,43-41-. The summed E-state index contributed by atoms with van der Waals surface area (Å²) in [7, 11) is -9.79. The van der Waals surface area contributed by atoms with Crippen molar-refractivity contribution in [2.75, 3.05) is 39.6 Å². The van der Waals surface area contributed by atoms with E-state index in [-0.39, 0.29) is 19.3 Å². The summed E-state index contributed by atoms with van der Waals surface area (Å²) in [6.07, 6.45) is 83.8. The van der Waals surface area contributed by atoms with Crippen molar-refractivity contribution >= 4 is 33.6 Å². The lowest BCUT2D eigenvalue weighted by Crippen LogP contribution is -2.30. The van der Waals surface area contributed by atoms with Crippen molar-refractivity contribution in [2.24, 2.45) is 0 Å². The van der Waals surface area contributed by atoms with Gasteiger partial charge in [0.2, 0.25) is 0 Å². The first-order valence-corrected chi connectivity index (χ1v) is 40.8. The Bertz CT molecular complexity index is 2250. The quantitative estimate of drug-likeness (QED) is 0.0146. The van der Waals surface area contributed by atoms with Crippen LogP contribution < -0.4 is 0 Å². The molecule has 0 aromatic rings. The summed E-state index contributed by atoms with van der Waals surface area (Å²) >= 11 is 0. The molecule has 18 heteroatoms. The minimum absolute atomic E-state index is 0.103. The maximum absolute atomic E-state index is 12.9. The molecule has 0 bridgehead atoms. The minimum Gasteiger partial charge on any atom is -0.463 e. The number of esters is 3. The Balaban J connectivity index is 4.60. The van der Waals surface area contributed by atoms with Crippen LogP contribution in [0.3, 0.4) is 0 Å². The van der Waals surface area contributed by atoms with Crippen molar-refractivity contribution in [3.63, 3.8) is 0 Å². The van der Waals surface area contributed by atoms with Crippen LogP contribution in [0.15, 0.2) is 122 Å². The summed E-state index contributed by atoms with van der Waals surface area (Å²) in [6.45, 7) is 2.52. The number of phosphoric ester groups is 2. The summed E-state index contributed by atoms with van der Waals surface area (Å²) in [4.78, 5) is 58.5. The largest absolute Gasteiger partial charge is 0.472 e. The zero-order valence-electron chi connectivity index (χ0n) is 60.7. The second kappa shape index (κ2) is 71.8. The first-order valence-electron chi connectivity index (χ1n) is 37.8. The van der Waals surface area contributed by atoms with Crippen LogP contribution in [0.25, 0.3) is 0 Å². The Morgan fingerprint density at radius 2 is 0.546 bits per heavy atom. The summed E-state index contributed by atoms with van der Waals surface area (Å²) in [5, 5.41) is 20.6.